The van der Waals surface area contributed by atoms with Gasteiger partial charge in [-0.3, -0.25) is 4.79 Å². The predicted molar refractivity (Wildman–Crippen MR) is 88.4 cm³/mol. The minimum Gasteiger partial charge on any atom is -0.497 e. The van der Waals surface area contributed by atoms with Crippen LogP contribution in [0.3, 0.4) is 0 Å². The van der Waals surface area contributed by atoms with Gasteiger partial charge in [0.15, 0.2) is 0 Å². The molecule has 2 heterocycles. The normalized spacial score (nSPS) is 21.8. The molecule has 0 aromatic heterocycles. The van der Waals surface area contributed by atoms with E-state index in [9.17, 15) is 9.59 Å². The maximum absolute atomic E-state index is 12.6. The smallest absolute Gasteiger partial charge is 0.332 e. The van der Waals surface area contributed by atoms with E-state index in [0.29, 0.717) is 17.7 Å². The molecule has 2 aromatic carbocycles. The Morgan fingerprint density at radius 1 is 1.08 bits per heavy atom. The summed E-state index contributed by atoms with van der Waals surface area (Å²) in [5, 5.41) is 2.81. The zero-order chi connectivity index (χ0) is 16.7. The van der Waals surface area contributed by atoms with E-state index in [1.54, 1.807) is 13.2 Å². The van der Waals surface area contributed by atoms with E-state index in [-0.39, 0.29) is 5.91 Å². The second kappa shape index (κ2) is 5.23. The molecule has 1 unspecified atom stereocenters. The highest BCUT2D eigenvalue weighted by atomic mass is 16.6. The van der Waals surface area contributed by atoms with Crippen molar-refractivity contribution >= 4 is 23.1 Å². The van der Waals surface area contributed by atoms with Crippen molar-refractivity contribution in [1.29, 1.82) is 0 Å². The summed E-state index contributed by atoms with van der Waals surface area (Å²) in [6, 6.07) is 14.7. The van der Waals surface area contributed by atoms with Crippen molar-refractivity contribution in [2.24, 2.45) is 0 Å². The molecule has 0 bridgehead atoms. The Kier molecular flexibility index (Phi) is 3.16. The van der Waals surface area contributed by atoms with Crippen LogP contribution in [0.4, 0.5) is 5.69 Å². The molecule has 24 heavy (non-hydrogen) atoms. The Hall–Kier alpha value is -3.08. The Bertz CT molecular complexity index is 869. The highest BCUT2D eigenvalue weighted by Crippen LogP contribution is 2.46. The number of methoxy groups -OCH3 is 1. The number of anilines is 1. The standard InChI is InChI=1S/C19H15NO4/c1-23-14-8-6-12(7-9-14)13-10-17(21)24-19(11-13)15-4-2-3-5-16(15)20-18(19)22/h2-10H,11H2,1H3,(H,20,22). The SMILES string of the molecule is COc1ccc(C2=CC(=O)OC3(C2)C(=O)Nc2ccccc23)cc1. The summed E-state index contributed by atoms with van der Waals surface area (Å²) in [6.07, 6.45) is 1.75. The van der Waals surface area contributed by atoms with Crippen LogP contribution in [-0.4, -0.2) is 19.0 Å². The van der Waals surface area contributed by atoms with Gasteiger partial charge in [-0.1, -0.05) is 30.3 Å². The average molecular weight is 321 g/mol. The Labute approximate surface area is 138 Å². The number of fused-ring (bicyclic) bond motifs is 2. The highest BCUT2D eigenvalue weighted by Gasteiger charge is 2.52. The lowest BCUT2D eigenvalue weighted by Gasteiger charge is -2.31. The molecule has 0 fully saturated rings. The molecule has 0 radical (unpaired) electrons. The molecule has 2 aliphatic rings. The van der Waals surface area contributed by atoms with Gasteiger partial charge in [0.2, 0.25) is 5.60 Å². The first-order valence-electron chi connectivity index (χ1n) is 7.61. The van der Waals surface area contributed by atoms with Gasteiger partial charge in [0.05, 0.1) is 7.11 Å². The molecular weight excluding hydrogens is 306 g/mol. The van der Waals surface area contributed by atoms with Crippen LogP contribution in [0.2, 0.25) is 0 Å². The molecule has 0 aliphatic carbocycles. The molecule has 4 rings (SSSR count). The highest BCUT2D eigenvalue weighted by molar-refractivity contribution is 6.09. The number of hydrogen-bond donors (Lipinski definition) is 1. The summed E-state index contributed by atoms with van der Waals surface area (Å²) in [6.45, 7) is 0. The first-order valence-corrected chi connectivity index (χ1v) is 7.61. The first kappa shape index (κ1) is 14.5. The zero-order valence-electron chi connectivity index (χ0n) is 13.0. The van der Waals surface area contributed by atoms with E-state index in [4.69, 9.17) is 9.47 Å². The quantitative estimate of drug-likeness (QED) is 0.864. The van der Waals surface area contributed by atoms with Crippen molar-refractivity contribution in [2.45, 2.75) is 12.0 Å². The summed E-state index contributed by atoms with van der Waals surface area (Å²) >= 11 is 0. The number of para-hydroxylation sites is 1. The van der Waals surface area contributed by atoms with Gasteiger partial charge < -0.3 is 14.8 Å². The summed E-state index contributed by atoms with van der Waals surface area (Å²) in [4.78, 5) is 24.8. The predicted octanol–water partition coefficient (Wildman–Crippen LogP) is 2.87. The van der Waals surface area contributed by atoms with E-state index >= 15 is 0 Å². The maximum Gasteiger partial charge on any atom is 0.332 e. The van der Waals surface area contributed by atoms with Gasteiger partial charge in [-0.2, -0.15) is 0 Å². The molecule has 5 heteroatoms. The average Bonchev–Trinajstić information content (AvgIpc) is 2.86. The molecule has 1 spiro atoms. The number of benzene rings is 2. The van der Waals surface area contributed by atoms with Crippen molar-refractivity contribution in [3.63, 3.8) is 0 Å². The summed E-state index contributed by atoms with van der Waals surface area (Å²) in [5.41, 5.74) is 1.72. The molecule has 2 aromatic rings. The number of amides is 1. The summed E-state index contributed by atoms with van der Waals surface area (Å²) in [5.74, 6) is -0.0912. The van der Waals surface area contributed by atoms with E-state index in [1.165, 1.54) is 6.08 Å². The van der Waals surface area contributed by atoms with Gasteiger partial charge in [-0.05, 0) is 29.3 Å². The van der Waals surface area contributed by atoms with Crippen LogP contribution in [-0.2, 0) is 19.9 Å². The third kappa shape index (κ3) is 2.09. The number of nitrogens with one attached hydrogen (secondary N) is 1. The molecule has 0 saturated carbocycles. The third-order valence-electron chi connectivity index (χ3n) is 4.44. The van der Waals surface area contributed by atoms with Gasteiger partial charge in [-0.15, -0.1) is 0 Å². The monoisotopic (exact) mass is 321 g/mol. The van der Waals surface area contributed by atoms with E-state index in [1.807, 2.05) is 42.5 Å². The largest absolute Gasteiger partial charge is 0.497 e. The number of rotatable bonds is 2. The second-order valence-corrected chi connectivity index (χ2v) is 5.82. The molecule has 0 saturated heterocycles. The molecule has 120 valence electrons. The van der Waals surface area contributed by atoms with E-state index < -0.39 is 11.6 Å². The molecule has 5 nitrogen and oxygen atoms in total. The lowest BCUT2D eigenvalue weighted by atomic mass is 9.84. The van der Waals surface area contributed by atoms with Crippen LogP contribution in [0.1, 0.15) is 17.5 Å². The maximum atomic E-state index is 12.6. The van der Waals surface area contributed by atoms with Crippen molar-refractivity contribution in [1.82, 2.24) is 0 Å². The number of carbonyl (C=O) groups is 2. The fraction of sp³-hybridized carbons (Fsp3) is 0.158. The van der Waals surface area contributed by atoms with Crippen molar-refractivity contribution in [3.8, 4) is 5.75 Å². The summed E-state index contributed by atoms with van der Waals surface area (Å²) < 4.78 is 10.7. The summed E-state index contributed by atoms with van der Waals surface area (Å²) in [7, 11) is 1.60. The third-order valence-corrected chi connectivity index (χ3v) is 4.44. The van der Waals surface area contributed by atoms with Crippen LogP contribution in [0.25, 0.3) is 5.57 Å². The van der Waals surface area contributed by atoms with Gasteiger partial charge in [0.1, 0.15) is 5.75 Å². The lowest BCUT2D eigenvalue weighted by Crippen LogP contribution is -2.41. The fourth-order valence-electron chi connectivity index (χ4n) is 3.26. The molecule has 2 aliphatic heterocycles. The molecule has 1 amide bonds. The lowest BCUT2D eigenvalue weighted by molar-refractivity contribution is -0.163. The van der Waals surface area contributed by atoms with E-state index in [0.717, 1.165) is 16.9 Å². The minimum atomic E-state index is -1.29. The Morgan fingerprint density at radius 3 is 2.58 bits per heavy atom. The molecular formula is C19H15NO4. The number of carbonyl (C=O) groups excluding carboxylic acids is 2. The van der Waals surface area contributed by atoms with Crippen molar-refractivity contribution < 1.29 is 19.1 Å². The van der Waals surface area contributed by atoms with Crippen LogP contribution in [0, 0.1) is 0 Å². The van der Waals surface area contributed by atoms with Crippen LogP contribution < -0.4 is 10.1 Å². The van der Waals surface area contributed by atoms with E-state index in [2.05, 4.69) is 5.32 Å². The van der Waals surface area contributed by atoms with Crippen molar-refractivity contribution in [2.75, 3.05) is 12.4 Å². The van der Waals surface area contributed by atoms with Crippen molar-refractivity contribution in [3.05, 3.63) is 65.7 Å². The topological polar surface area (TPSA) is 64.6 Å². The molecule has 1 N–H and O–H groups in total. The van der Waals surface area contributed by atoms with Crippen LogP contribution >= 0.6 is 0 Å². The Morgan fingerprint density at radius 2 is 1.83 bits per heavy atom. The number of hydrogen-bond acceptors (Lipinski definition) is 4. The van der Waals surface area contributed by atoms with Gasteiger partial charge >= 0.3 is 5.97 Å². The number of ether oxygens (including phenoxy) is 2. The first-order chi connectivity index (χ1) is 11.6. The number of esters is 1. The van der Waals surface area contributed by atoms with Gasteiger partial charge in [0.25, 0.3) is 5.91 Å². The fourth-order valence-corrected chi connectivity index (χ4v) is 3.26. The van der Waals surface area contributed by atoms with Gasteiger partial charge in [0, 0.05) is 23.7 Å². The Balaban J connectivity index is 1.77. The zero-order valence-corrected chi connectivity index (χ0v) is 13.0. The minimum absolute atomic E-state index is 0.300. The second-order valence-electron chi connectivity index (χ2n) is 5.82. The van der Waals surface area contributed by atoms with Crippen LogP contribution in [0.15, 0.2) is 54.6 Å². The van der Waals surface area contributed by atoms with Crippen LogP contribution in [0.5, 0.6) is 5.75 Å². The molecule has 1 atom stereocenters. The van der Waals surface area contributed by atoms with Gasteiger partial charge in [-0.25, -0.2) is 4.79 Å².